The monoisotopic (exact) mass is 226 g/mol. The van der Waals surface area contributed by atoms with Gasteiger partial charge in [-0.25, -0.2) is 4.52 Å². The smallest absolute Gasteiger partial charge is 0.136 e. The van der Waals surface area contributed by atoms with Gasteiger partial charge in [-0.1, -0.05) is 30.3 Å². The molecule has 0 aliphatic heterocycles. The number of hydrogen-bond acceptors (Lipinski definition) is 2. The average molecular weight is 226 g/mol. The lowest BCUT2D eigenvalue weighted by Gasteiger charge is -1.98. The SMILES string of the molecule is NCCn1ccn2nc(-c3ccccc3)cc12. The maximum absolute atomic E-state index is 5.58. The highest BCUT2D eigenvalue weighted by Gasteiger charge is 2.06. The van der Waals surface area contributed by atoms with Gasteiger partial charge in [0.2, 0.25) is 0 Å². The van der Waals surface area contributed by atoms with Crippen LogP contribution in [0.25, 0.3) is 16.9 Å². The zero-order chi connectivity index (χ0) is 11.7. The van der Waals surface area contributed by atoms with E-state index in [-0.39, 0.29) is 0 Å². The molecule has 0 spiro atoms. The van der Waals surface area contributed by atoms with Gasteiger partial charge in [0.05, 0.1) is 5.69 Å². The summed E-state index contributed by atoms with van der Waals surface area (Å²) in [4.78, 5) is 0. The summed E-state index contributed by atoms with van der Waals surface area (Å²) >= 11 is 0. The second kappa shape index (κ2) is 4.07. The number of benzene rings is 1. The number of aromatic nitrogens is 3. The minimum atomic E-state index is 0.635. The first-order chi connectivity index (χ1) is 8.38. The largest absolute Gasteiger partial charge is 0.330 e. The molecule has 3 aromatic rings. The second-order valence-electron chi connectivity index (χ2n) is 3.98. The fourth-order valence-corrected chi connectivity index (χ4v) is 2.01. The Balaban J connectivity index is 2.08. The minimum Gasteiger partial charge on any atom is -0.330 e. The molecular weight excluding hydrogens is 212 g/mol. The average Bonchev–Trinajstić information content (AvgIpc) is 2.93. The van der Waals surface area contributed by atoms with Gasteiger partial charge in [0.1, 0.15) is 5.65 Å². The molecular formula is C13H14N4. The zero-order valence-corrected chi connectivity index (χ0v) is 9.45. The molecule has 2 N–H and O–H groups in total. The summed E-state index contributed by atoms with van der Waals surface area (Å²) in [6.07, 6.45) is 3.96. The molecule has 2 heterocycles. The molecule has 0 saturated carbocycles. The van der Waals surface area contributed by atoms with Crippen molar-refractivity contribution in [3.63, 3.8) is 0 Å². The lowest BCUT2D eigenvalue weighted by atomic mass is 10.2. The van der Waals surface area contributed by atoms with Gasteiger partial charge in [0.15, 0.2) is 0 Å². The number of hydrogen-bond donors (Lipinski definition) is 1. The third-order valence-corrected chi connectivity index (χ3v) is 2.84. The Morgan fingerprint density at radius 3 is 2.71 bits per heavy atom. The molecule has 0 radical (unpaired) electrons. The third kappa shape index (κ3) is 1.72. The standard InChI is InChI=1S/C13H14N4/c14-6-7-16-8-9-17-13(16)10-12(15-17)11-4-2-1-3-5-11/h1-5,8-10H,6-7,14H2. The molecule has 0 unspecified atom stereocenters. The maximum atomic E-state index is 5.58. The van der Waals surface area contributed by atoms with Gasteiger partial charge in [-0.15, -0.1) is 0 Å². The van der Waals surface area contributed by atoms with Crippen LogP contribution >= 0.6 is 0 Å². The highest BCUT2D eigenvalue weighted by atomic mass is 15.3. The highest BCUT2D eigenvalue weighted by molar-refractivity contribution is 5.64. The van der Waals surface area contributed by atoms with Crippen LogP contribution in [-0.2, 0) is 6.54 Å². The normalized spacial score (nSPS) is 11.1. The van der Waals surface area contributed by atoms with E-state index in [1.54, 1.807) is 0 Å². The number of imidazole rings is 1. The van der Waals surface area contributed by atoms with Crippen LogP contribution in [0.1, 0.15) is 0 Å². The minimum absolute atomic E-state index is 0.635. The predicted octanol–water partition coefficient (Wildman–Crippen LogP) is 1.76. The summed E-state index contributed by atoms with van der Waals surface area (Å²) < 4.78 is 4.00. The topological polar surface area (TPSA) is 48.2 Å². The molecule has 4 heteroatoms. The van der Waals surface area contributed by atoms with Crippen LogP contribution in [-0.4, -0.2) is 20.7 Å². The molecule has 86 valence electrons. The first kappa shape index (κ1) is 10.1. The molecule has 0 amide bonds. The van der Waals surface area contributed by atoms with E-state index in [9.17, 15) is 0 Å². The van der Waals surface area contributed by atoms with E-state index in [0.29, 0.717) is 6.54 Å². The van der Waals surface area contributed by atoms with Crippen molar-refractivity contribution in [2.24, 2.45) is 5.73 Å². The second-order valence-corrected chi connectivity index (χ2v) is 3.98. The van der Waals surface area contributed by atoms with E-state index >= 15 is 0 Å². The van der Waals surface area contributed by atoms with Gasteiger partial charge < -0.3 is 10.3 Å². The molecule has 3 rings (SSSR count). The van der Waals surface area contributed by atoms with Crippen molar-refractivity contribution in [3.8, 4) is 11.3 Å². The molecule has 4 nitrogen and oxygen atoms in total. The molecule has 1 aromatic carbocycles. The Morgan fingerprint density at radius 2 is 1.94 bits per heavy atom. The van der Waals surface area contributed by atoms with Crippen molar-refractivity contribution in [1.82, 2.24) is 14.2 Å². The van der Waals surface area contributed by atoms with Crippen LogP contribution in [0.15, 0.2) is 48.8 Å². The molecule has 17 heavy (non-hydrogen) atoms. The lowest BCUT2D eigenvalue weighted by molar-refractivity contribution is 0.730. The Labute approximate surface area is 99.3 Å². The van der Waals surface area contributed by atoms with Crippen molar-refractivity contribution in [2.75, 3.05) is 6.54 Å². The van der Waals surface area contributed by atoms with E-state index in [2.05, 4.69) is 27.9 Å². The molecule has 0 saturated heterocycles. The molecule has 0 aliphatic carbocycles. The third-order valence-electron chi connectivity index (χ3n) is 2.84. The number of fused-ring (bicyclic) bond motifs is 1. The Hall–Kier alpha value is -2.07. The first-order valence-corrected chi connectivity index (χ1v) is 5.68. The predicted molar refractivity (Wildman–Crippen MR) is 67.7 cm³/mol. The van der Waals surface area contributed by atoms with Gasteiger partial charge in [-0.2, -0.15) is 5.10 Å². The van der Waals surface area contributed by atoms with Crippen molar-refractivity contribution in [3.05, 3.63) is 48.8 Å². The van der Waals surface area contributed by atoms with Crippen LogP contribution in [0.4, 0.5) is 0 Å². The Morgan fingerprint density at radius 1 is 1.12 bits per heavy atom. The summed E-state index contributed by atoms with van der Waals surface area (Å²) in [6, 6.07) is 12.3. The molecule has 0 atom stereocenters. The Bertz CT molecular complexity index is 621. The van der Waals surface area contributed by atoms with Gasteiger partial charge in [0, 0.05) is 37.1 Å². The van der Waals surface area contributed by atoms with E-state index in [0.717, 1.165) is 23.4 Å². The zero-order valence-electron chi connectivity index (χ0n) is 9.45. The van der Waals surface area contributed by atoms with Gasteiger partial charge in [-0.3, -0.25) is 0 Å². The Kier molecular flexibility index (Phi) is 2.42. The quantitative estimate of drug-likeness (QED) is 0.739. The lowest BCUT2D eigenvalue weighted by Crippen LogP contribution is -2.08. The molecule has 2 aromatic heterocycles. The van der Waals surface area contributed by atoms with Crippen LogP contribution < -0.4 is 5.73 Å². The summed E-state index contributed by atoms with van der Waals surface area (Å²) in [6.45, 7) is 1.45. The van der Waals surface area contributed by atoms with Crippen molar-refractivity contribution < 1.29 is 0 Å². The van der Waals surface area contributed by atoms with Crippen molar-refractivity contribution in [2.45, 2.75) is 6.54 Å². The summed E-state index contributed by atoms with van der Waals surface area (Å²) in [5, 5.41) is 4.54. The van der Waals surface area contributed by atoms with Gasteiger partial charge >= 0.3 is 0 Å². The van der Waals surface area contributed by atoms with Crippen molar-refractivity contribution in [1.29, 1.82) is 0 Å². The van der Waals surface area contributed by atoms with Crippen molar-refractivity contribution >= 4 is 5.65 Å². The van der Waals surface area contributed by atoms with E-state index < -0.39 is 0 Å². The molecule has 0 aliphatic rings. The van der Waals surface area contributed by atoms with Crippen LogP contribution in [0.3, 0.4) is 0 Å². The molecule has 0 bridgehead atoms. The van der Waals surface area contributed by atoms with E-state index in [4.69, 9.17) is 5.73 Å². The fraction of sp³-hybridized carbons (Fsp3) is 0.154. The first-order valence-electron chi connectivity index (χ1n) is 5.68. The fourth-order valence-electron chi connectivity index (χ4n) is 2.01. The van der Waals surface area contributed by atoms with E-state index in [1.165, 1.54) is 0 Å². The summed E-state index contributed by atoms with van der Waals surface area (Å²) in [7, 11) is 0. The highest BCUT2D eigenvalue weighted by Crippen LogP contribution is 2.19. The summed E-state index contributed by atoms with van der Waals surface area (Å²) in [5.74, 6) is 0. The molecule has 0 fully saturated rings. The maximum Gasteiger partial charge on any atom is 0.136 e. The van der Waals surface area contributed by atoms with Crippen LogP contribution in [0, 0.1) is 0 Å². The number of rotatable bonds is 3. The number of nitrogens with two attached hydrogens (primary N) is 1. The van der Waals surface area contributed by atoms with Crippen LogP contribution in [0.5, 0.6) is 0 Å². The van der Waals surface area contributed by atoms with Gasteiger partial charge in [0.25, 0.3) is 0 Å². The number of nitrogens with zero attached hydrogens (tertiary/aromatic N) is 3. The summed E-state index contributed by atoms with van der Waals surface area (Å²) in [5.41, 5.74) is 8.78. The van der Waals surface area contributed by atoms with Gasteiger partial charge in [-0.05, 0) is 0 Å². The van der Waals surface area contributed by atoms with E-state index in [1.807, 2.05) is 35.1 Å². The van der Waals surface area contributed by atoms with Crippen LogP contribution in [0.2, 0.25) is 0 Å².